The molecular formula is C10H8N2O3. The second-order valence-electron chi connectivity index (χ2n) is 3.54. The van der Waals surface area contributed by atoms with Crippen LogP contribution in [0.4, 0.5) is 0 Å². The summed E-state index contributed by atoms with van der Waals surface area (Å²) >= 11 is 0. The second kappa shape index (κ2) is 3.05. The van der Waals surface area contributed by atoms with Gasteiger partial charge >= 0.3 is 0 Å². The van der Waals surface area contributed by atoms with Crippen LogP contribution in [0.25, 0.3) is 11.7 Å². The second-order valence-corrected chi connectivity index (χ2v) is 3.54. The molecule has 76 valence electrons. The van der Waals surface area contributed by atoms with Crippen LogP contribution in [0.1, 0.15) is 35.2 Å². The van der Waals surface area contributed by atoms with E-state index in [4.69, 9.17) is 8.83 Å². The average molecular weight is 204 g/mol. The van der Waals surface area contributed by atoms with E-state index in [9.17, 15) is 4.79 Å². The predicted molar refractivity (Wildman–Crippen MR) is 49.4 cm³/mol. The van der Waals surface area contributed by atoms with Gasteiger partial charge in [0.15, 0.2) is 17.8 Å². The van der Waals surface area contributed by atoms with Crippen molar-refractivity contribution in [2.24, 2.45) is 0 Å². The minimum absolute atomic E-state index is 0.260. The Labute approximate surface area is 85.1 Å². The molecule has 0 aromatic carbocycles. The molecule has 0 atom stereocenters. The zero-order valence-electron chi connectivity index (χ0n) is 7.84. The lowest BCUT2D eigenvalue weighted by atomic mass is 10.4. The van der Waals surface area contributed by atoms with Crippen LogP contribution < -0.4 is 0 Å². The van der Waals surface area contributed by atoms with Gasteiger partial charge in [-0.2, -0.15) is 0 Å². The molecule has 1 fully saturated rings. The topological polar surface area (TPSA) is 69.1 Å². The molecule has 2 aromatic rings. The largest absolute Gasteiger partial charge is 0.448 e. The zero-order chi connectivity index (χ0) is 10.3. The molecule has 15 heavy (non-hydrogen) atoms. The first-order valence-corrected chi connectivity index (χ1v) is 4.75. The van der Waals surface area contributed by atoms with Crippen LogP contribution in [0, 0.1) is 0 Å². The Hall–Kier alpha value is -1.91. The summed E-state index contributed by atoms with van der Waals surface area (Å²) in [4.78, 5) is 10.4. The van der Waals surface area contributed by atoms with Crippen LogP contribution >= 0.6 is 0 Å². The first kappa shape index (κ1) is 8.40. The number of aromatic nitrogens is 2. The zero-order valence-corrected chi connectivity index (χ0v) is 7.84. The van der Waals surface area contributed by atoms with E-state index in [2.05, 4.69) is 10.2 Å². The Kier molecular flexibility index (Phi) is 1.71. The van der Waals surface area contributed by atoms with Crippen molar-refractivity contribution in [2.75, 3.05) is 0 Å². The first-order chi connectivity index (χ1) is 7.36. The number of carbonyl (C=O) groups is 1. The molecule has 0 spiro atoms. The summed E-state index contributed by atoms with van der Waals surface area (Å²) in [6, 6.07) is 3.22. The Morgan fingerprint density at radius 3 is 2.80 bits per heavy atom. The first-order valence-electron chi connectivity index (χ1n) is 4.75. The minimum Gasteiger partial charge on any atom is -0.448 e. The van der Waals surface area contributed by atoms with Gasteiger partial charge in [-0.1, -0.05) is 0 Å². The van der Waals surface area contributed by atoms with E-state index >= 15 is 0 Å². The van der Waals surface area contributed by atoms with Crippen LogP contribution in [0.3, 0.4) is 0 Å². The monoisotopic (exact) mass is 204 g/mol. The third-order valence-corrected chi connectivity index (χ3v) is 2.32. The maximum Gasteiger partial charge on any atom is 0.283 e. The maximum atomic E-state index is 10.4. The Balaban J connectivity index is 1.93. The van der Waals surface area contributed by atoms with Crippen LogP contribution in [0.15, 0.2) is 21.0 Å². The molecule has 0 bridgehead atoms. The van der Waals surface area contributed by atoms with E-state index < -0.39 is 0 Å². The molecule has 0 unspecified atom stereocenters. The molecule has 1 aliphatic carbocycles. The highest BCUT2D eigenvalue weighted by Gasteiger charge is 2.29. The van der Waals surface area contributed by atoms with E-state index in [0.29, 0.717) is 29.7 Å². The van der Waals surface area contributed by atoms with E-state index in [0.717, 1.165) is 12.8 Å². The molecule has 1 aliphatic rings. The van der Waals surface area contributed by atoms with Gasteiger partial charge in [-0.15, -0.1) is 10.2 Å². The molecule has 2 aromatic heterocycles. The number of aldehydes is 1. The van der Waals surface area contributed by atoms with Gasteiger partial charge in [-0.05, 0) is 25.0 Å². The number of hydrogen-bond donors (Lipinski definition) is 0. The van der Waals surface area contributed by atoms with E-state index in [1.165, 1.54) is 0 Å². The smallest absolute Gasteiger partial charge is 0.283 e. The molecule has 3 rings (SSSR count). The number of furan rings is 1. The van der Waals surface area contributed by atoms with Gasteiger partial charge < -0.3 is 8.83 Å². The fourth-order valence-electron chi connectivity index (χ4n) is 1.36. The molecule has 1 saturated carbocycles. The van der Waals surface area contributed by atoms with E-state index in [1.54, 1.807) is 12.1 Å². The summed E-state index contributed by atoms with van der Waals surface area (Å²) < 4.78 is 10.6. The molecular weight excluding hydrogens is 196 g/mol. The van der Waals surface area contributed by atoms with Gasteiger partial charge in [0, 0.05) is 5.92 Å². The lowest BCUT2D eigenvalue weighted by Gasteiger charge is -1.86. The molecule has 2 heterocycles. The summed E-state index contributed by atoms with van der Waals surface area (Å²) in [5, 5.41) is 7.79. The van der Waals surface area contributed by atoms with Gasteiger partial charge in [-0.25, -0.2) is 0 Å². The van der Waals surface area contributed by atoms with Crippen molar-refractivity contribution in [1.82, 2.24) is 10.2 Å². The Bertz CT molecular complexity index is 496. The van der Waals surface area contributed by atoms with Crippen molar-refractivity contribution >= 4 is 6.29 Å². The number of carbonyl (C=O) groups excluding carboxylic acids is 1. The Morgan fingerprint density at radius 1 is 1.27 bits per heavy atom. The van der Waals surface area contributed by atoms with Gasteiger partial charge in [0.25, 0.3) is 5.89 Å². The fraction of sp³-hybridized carbons (Fsp3) is 0.300. The van der Waals surface area contributed by atoms with Crippen molar-refractivity contribution in [2.45, 2.75) is 18.8 Å². The normalized spacial score (nSPS) is 15.5. The predicted octanol–water partition coefficient (Wildman–Crippen LogP) is 2.02. The van der Waals surface area contributed by atoms with Gasteiger partial charge in [0.2, 0.25) is 5.89 Å². The standard InChI is InChI=1S/C10H8N2O3/c13-5-7-3-4-8(14-7)10-12-11-9(15-10)6-1-2-6/h3-6H,1-2H2. The van der Waals surface area contributed by atoms with Crippen LogP contribution in [-0.4, -0.2) is 16.5 Å². The molecule has 0 aliphatic heterocycles. The van der Waals surface area contributed by atoms with Crippen LogP contribution in [-0.2, 0) is 0 Å². The van der Waals surface area contributed by atoms with Gasteiger partial charge in [0.1, 0.15) is 0 Å². The van der Waals surface area contributed by atoms with Crippen molar-refractivity contribution in [1.29, 1.82) is 0 Å². The number of hydrogen-bond acceptors (Lipinski definition) is 5. The summed E-state index contributed by atoms with van der Waals surface area (Å²) in [5.41, 5.74) is 0. The highest BCUT2D eigenvalue weighted by molar-refractivity contribution is 5.71. The average Bonchev–Trinajstić information content (AvgIpc) is 2.84. The third-order valence-electron chi connectivity index (χ3n) is 2.32. The Morgan fingerprint density at radius 2 is 2.13 bits per heavy atom. The third kappa shape index (κ3) is 1.45. The molecule has 0 amide bonds. The van der Waals surface area contributed by atoms with Crippen LogP contribution in [0.2, 0.25) is 0 Å². The van der Waals surface area contributed by atoms with Gasteiger partial charge in [0.05, 0.1) is 0 Å². The maximum absolute atomic E-state index is 10.4. The molecule has 0 N–H and O–H groups in total. The summed E-state index contributed by atoms with van der Waals surface area (Å²) in [6.07, 6.45) is 2.86. The highest BCUT2D eigenvalue weighted by atomic mass is 16.4. The van der Waals surface area contributed by atoms with Crippen molar-refractivity contribution in [3.8, 4) is 11.7 Å². The summed E-state index contributed by atoms with van der Waals surface area (Å²) in [6.45, 7) is 0. The van der Waals surface area contributed by atoms with E-state index in [-0.39, 0.29) is 5.76 Å². The highest BCUT2D eigenvalue weighted by Crippen LogP contribution is 2.39. The lowest BCUT2D eigenvalue weighted by molar-refractivity contribution is 0.110. The molecule has 5 heteroatoms. The minimum atomic E-state index is 0.260. The SMILES string of the molecule is O=Cc1ccc(-c2nnc(C3CC3)o2)o1. The van der Waals surface area contributed by atoms with Crippen molar-refractivity contribution < 1.29 is 13.6 Å². The lowest BCUT2D eigenvalue weighted by Crippen LogP contribution is -1.76. The quantitative estimate of drug-likeness (QED) is 0.715. The van der Waals surface area contributed by atoms with Gasteiger partial charge in [-0.3, -0.25) is 4.79 Å². The fourth-order valence-corrected chi connectivity index (χ4v) is 1.36. The summed E-state index contributed by atoms with van der Waals surface area (Å²) in [7, 11) is 0. The molecule has 0 saturated heterocycles. The van der Waals surface area contributed by atoms with E-state index in [1.807, 2.05) is 0 Å². The summed E-state index contributed by atoms with van der Waals surface area (Å²) in [5.74, 6) is 2.12. The van der Waals surface area contributed by atoms with Crippen LogP contribution in [0.5, 0.6) is 0 Å². The van der Waals surface area contributed by atoms with Crippen molar-refractivity contribution in [3.63, 3.8) is 0 Å². The molecule has 0 radical (unpaired) electrons. The number of rotatable bonds is 3. The van der Waals surface area contributed by atoms with Crippen molar-refractivity contribution in [3.05, 3.63) is 23.8 Å². The number of nitrogens with zero attached hydrogens (tertiary/aromatic N) is 2. The molecule has 5 nitrogen and oxygen atoms in total.